The van der Waals surface area contributed by atoms with E-state index in [2.05, 4.69) is 10.0 Å². The molecule has 1 aromatic carbocycles. The van der Waals surface area contributed by atoms with Gasteiger partial charge in [-0.3, -0.25) is 4.79 Å². The molecule has 1 rings (SSSR count). The summed E-state index contributed by atoms with van der Waals surface area (Å²) >= 11 is 0. The van der Waals surface area contributed by atoms with Crippen molar-refractivity contribution in [3.05, 3.63) is 24.3 Å². The van der Waals surface area contributed by atoms with E-state index in [0.29, 0.717) is 12.1 Å². The van der Waals surface area contributed by atoms with E-state index in [1.165, 1.54) is 31.2 Å². The first-order valence-corrected chi connectivity index (χ1v) is 8.23. The molecule has 0 saturated carbocycles. The fourth-order valence-corrected chi connectivity index (χ4v) is 3.18. The summed E-state index contributed by atoms with van der Waals surface area (Å²) in [7, 11) is -3.69. The molecule has 6 nitrogen and oxygen atoms in total. The molecule has 0 heterocycles. The number of aliphatic hydroxyl groups excluding tert-OH is 1. The van der Waals surface area contributed by atoms with Gasteiger partial charge in [-0.05, 0) is 36.6 Å². The largest absolute Gasteiger partial charge is 0.395 e. The topological polar surface area (TPSA) is 95.5 Å². The number of anilines is 1. The summed E-state index contributed by atoms with van der Waals surface area (Å²) in [6.07, 6.45) is 0.555. The second kappa shape index (κ2) is 7.53. The van der Waals surface area contributed by atoms with Crippen molar-refractivity contribution in [1.29, 1.82) is 0 Å². The molecular weight excluding hydrogens is 292 g/mol. The number of aliphatic hydroxyl groups is 1. The maximum atomic E-state index is 12.2. The molecule has 1 amide bonds. The van der Waals surface area contributed by atoms with Gasteiger partial charge in [-0.1, -0.05) is 13.8 Å². The molecule has 1 atom stereocenters. The van der Waals surface area contributed by atoms with Crippen molar-refractivity contribution in [2.24, 2.45) is 5.92 Å². The number of rotatable bonds is 7. The summed E-state index contributed by atoms with van der Waals surface area (Å²) in [6, 6.07) is 5.36. The summed E-state index contributed by atoms with van der Waals surface area (Å²) in [6.45, 7) is 5.05. The molecule has 0 bridgehead atoms. The minimum atomic E-state index is -3.69. The number of carbonyl (C=O) groups is 1. The Morgan fingerprint density at radius 2 is 1.81 bits per heavy atom. The van der Waals surface area contributed by atoms with Crippen molar-refractivity contribution < 1.29 is 18.3 Å². The highest BCUT2D eigenvalue weighted by Gasteiger charge is 2.20. The Bertz CT molecular complexity index is 567. The van der Waals surface area contributed by atoms with Gasteiger partial charge in [0.15, 0.2) is 0 Å². The van der Waals surface area contributed by atoms with E-state index >= 15 is 0 Å². The average molecular weight is 314 g/mol. The Kier molecular flexibility index (Phi) is 6.32. The van der Waals surface area contributed by atoms with Gasteiger partial charge in [0, 0.05) is 18.7 Å². The normalized spacial score (nSPS) is 13.2. The van der Waals surface area contributed by atoms with Gasteiger partial charge < -0.3 is 10.4 Å². The minimum Gasteiger partial charge on any atom is -0.395 e. The van der Waals surface area contributed by atoms with Gasteiger partial charge in [0.25, 0.3) is 0 Å². The van der Waals surface area contributed by atoms with Crippen LogP contribution in [0.15, 0.2) is 29.2 Å². The van der Waals surface area contributed by atoms with Crippen molar-refractivity contribution in [2.75, 3.05) is 11.9 Å². The monoisotopic (exact) mass is 314 g/mol. The summed E-state index contributed by atoms with van der Waals surface area (Å²) in [5.41, 5.74) is 0.530. The number of sulfonamides is 1. The van der Waals surface area contributed by atoms with Crippen LogP contribution in [0.2, 0.25) is 0 Å². The highest BCUT2D eigenvalue weighted by molar-refractivity contribution is 7.89. The highest BCUT2D eigenvalue weighted by Crippen LogP contribution is 2.15. The SMILES string of the molecule is CC(=O)Nc1ccc(S(=O)(=O)NC(CO)CC(C)C)cc1. The Morgan fingerprint density at radius 3 is 2.24 bits per heavy atom. The zero-order valence-corrected chi connectivity index (χ0v) is 13.3. The lowest BCUT2D eigenvalue weighted by atomic mass is 10.1. The summed E-state index contributed by atoms with van der Waals surface area (Å²) < 4.78 is 26.9. The molecular formula is C14H22N2O4S. The van der Waals surface area contributed by atoms with E-state index in [1.54, 1.807) is 0 Å². The van der Waals surface area contributed by atoms with Gasteiger partial charge in [0.1, 0.15) is 0 Å². The van der Waals surface area contributed by atoms with Gasteiger partial charge in [-0.15, -0.1) is 0 Å². The fraction of sp³-hybridized carbons (Fsp3) is 0.500. The van der Waals surface area contributed by atoms with E-state index in [1.807, 2.05) is 13.8 Å². The van der Waals surface area contributed by atoms with Gasteiger partial charge in [0.2, 0.25) is 15.9 Å². The van der Waals surface area contributed by atoms with E-state index < -0.39 is 16.1 Å². The third kappa shape index (κ3) is 5.82. The van der Waals surface area contributed by atoms with Crippen LogP contribution in [0, 0.1) is 5.92 Å². The van der Waals surface area contributed by atoms with Crippen LogP contribution in [0.25, 0.3) is 0 Å². The molecule has 0 fully saturated rings. The first kappa shape index (κ1) is 17.6. The lowest BCUT2D eigenvalue weighted by molar-refractivity contribution is -0.114. The smallest absolute Gasteiger partial charge is 0.240 e. The van der Waals surface area contributed by atoms with Gasteiger partial charge in [-0.2, -0.15) is 0 Å². The maximum Gasteiger partial charge on any atom is 0.240 e. The molecule has 1 unspecified atom stereocenters. The molecule has 118 valence electrons. The van der Waals surface area contributed by atoms with Gasteiger partial charge in [0.05, 0.1) is 11.5 Å². The van der Waals surface area contributed by atoms with Crippen LogP contribution in [0.3, 0.4) is 0 Å². The molecule has 0 aliphatic rings. The van der Waals surface area contributed by atoms with Gasteiger partial charge in [-0.25, -0.2) is 13.1 Å². The van der Waals surface area contributed by atoms with Crippen molar-refractivity contribution >= 4 is 21.6 Å². The average Bonchev–Trinajstić information content (AvgIpc) is 2.37. The molecule has 0 spiro atoms. The molecule has 0 aliphatic heterocycles. The third-order valence-corrected chi connectivity index (χ3v) is 4.32. The number of nitrogens with one attached hydrogen (secondary N) is 2. The second-order valence-electron chi connectivity index (χ2n) is 5.34. The Balaban J connectivity index is 2.84. The van der Waals surface area contributed by atoms with Crippen LogP contribution in [0.5, 0.6) is 0 Å². The molecule has 0 aliphatic carbocycles. The van der Waals surface area contributed by atoms with Gasteiger partial charge >= 0.3 is 0 Å². The number of carbonyl (C=O) groups excluding carboxylic acids is 1. The Hall–Kier alpha value is -1.44. The number of hydrogen-bond acceptors (Lipinski definition) is 4. The molecule has 3 N–H and O–H groups in total. The molecule has 0 radical (unpaired) electrons. The van der Waals surface area contributed by atoms with Crippen molar-refractivity contribution in [1.82, 2.24) is 4.72 Å². The molecule has 0 aromatic heterocycles. The molecule has 0 saturated heterocycles. The van der Waals surface area contributed by atoms with Crippen molar-refractivity contribution in [2.45, 2.75) is 38.1 Å². The molecule has 7 heteroatoms. The minimum absolute atomic E-state index is 0.0961. The standard InChI is InChI=1S/C14H22N2O4S/c1-10(2)8-13(9-17)16-21(19,20)14-6-4-12(5-7-14)15-11(3)18/h4-7,10,13,16-17H,8-9H2,1-3H3,(H,15,18). The van der Waals surface area contributed by atoms with Crippen LogP contribution in [-0.2, 0) is 14.8 Å². The zero-order valence-electron chi connectivity index (χ0n) is 12.5. The predicted octanol–water partition coefficient (Wildman–Crippen LogP) is 1.33. The summed E-state index contributed by atoms with van der Waals surface area (Å²) in [5, 5.41) is 11.8. The Labute approximate surface area is 125 Å². The summed E-state index contributed by atoms with van der Waals surface area (Å²) in [4.78, 5) is 11.0. The van der Waals surface area contributed by atoms with E-state index in [9.17, 15) is 18.3 Å². The second-order valence-corrected chi connectivity index (χ2v) is 7.05. The number of benzene rings is 1. The highest BCUT2D eigenvalue weighted by atomic mass is 32.2. The van der Waals surface area contributed by atoms with Crippen LogP contribution < -0.4 is 10.0 Å². The van der Waals surface area contributed by atoms with E-state index in [0.717, 1.165) is 0 Å². The third-order valence-electron chi connectivity index (χ3n) is 2.78. The quantitative estimate of drug-likeness (QED) is 0.707. The van der Waals surface area contributed by atoms with Crippen LogP contribution >= 0.6 is 0 Å². The Morgan fingerprint density at radius 1 is 1.24 bits per heavy atom. The lowest BCUT2D eigenvalue weighted by Gasteiger charge is -2.18. The number of amides is 1. The van der Waals surface area contributed by atoms with Crippen molar-refractivity contribution in [3.63, 3.8) is 0 Å². The fourth-order valence-electron chi connectivity index (χ4n) is 1.94. The van der Waals surface area contributed by atoms with Crippen molar-refractivity contribution in [3.8, 4) is 0 Å². The summed E-state index contributed by atoms with van der Waals surface area (Å²) in [5.74, 6) is 0.0491. The van der Waals surface area contributed by atoms with Crippen LogP contribution in [-0.4, -0.2) is 32.1 Å². The lowest BCUT2D eigenvalue weighted by Crippen LogP contribution is -2.38. The van der Waals surface area contributed by atoms with Crippen LogP contribution in [0.4, 0.5) is 5.69 Å². The predicted molar refractivity (Wildman–Crippen MR) is 81.4 cm³/mol. The molecule has 1 aromatic rings. The molecule has 21 heavy (non-hydrogen) atoms. The van der Waals surface area contributed by atoms with Crippen LogP contribution in [0.1, 0.15) is 27.2 Å². The maximum absolute atomic E-state index is 12.2. The first-order valence-electron chi connectivity index (χ1n) is 6.75. The van der Waals surface area contributed by atoms with E-state index in [4.69, 9.17) is 0 Å². The first-order chi connectivity index (χ1) is 9.74. The number of hydrogen-bond donors (Lipinski definition) is 3. The van der Waals surface area contributed by atoms with E-state index in [-0.39, 0.29) is 23.3 Å². The zero-order chi connectivity index (χ0) is 16.0.